The molecule has 31 heavy (non-hydrogen) atoms. The van der Waals surface area contributed by atoms with Crippen LogP contribution in [-0.4, -0.2) is 49.8 Å². The Hall–Kier alpha value is -1.25. The van der Waals surface area contributed by atoms with Crippen LogP contribution in [0.4, 0.5) is 0 Å². The summed E-state index contributed by atoms with van der Waals surface area (Å²) in [6.07, 6.45) is 24.0. The normalized spacial score (nSPS) is 13.6. The molecule has 0 aromatic rings. The van der Waals surface area contributed by atoms with Crippen molar-refractivity contribution in [3.05, 3.63) is 12.2 Å². The molecule has 1 rings (SSSR count). The van der Waals surface area contributed by atoms with Gasteiger partial charge in [0.2, 0.25) is 5.91 Å². The molecule has 0 aliphatic carbocycles. The molecule has 1 N–H and O–H groups in total. The Morgan fingerprint density at radius 1 is 0.968 bits per heavy atom. The van der Waals surface area contributed by atoms with Crippen molar-refractivity contribution in [3.8, 4) is 0 Å². The Kier molecular flexibility index (Phi) is 19.8. The first-order valence-electron chi connectivity index (χ1n) is 12.0. The number of rotatable bonds is 17. The van der Waals surface area contributed by atoms with Crippen molar-refractivity contribution in [2.75, 3.05) is 19.7 Å². The van der Waals surface area contributed by atoms with E-state index in [2.05, 4.69) is 28.3 Å². The first-order chi connectivity index (χ1) is 14.9. The van der Waals surface area contributed by atoms with Gasteiger partial charge in [-0.3, -0.25) is 14.3 Å². The third kappa shape index (κ3) is 21.8. The van der Waals surface area contributed by atoms with Crippen LogP contribution in [0.2, 0.25) is 0 Å². The summed E-state index contributed by atoms with van der Waals surface area (Å²) in [5.74, 6) is 0.244. The fourth-order valence-corrected chi connectivity index (χ4v) is 3.51. The number of allylic oxidation sites excluding steroid dienone is 2. The van der Waals surface area contributed by atoms with Gasteiger partial charge in [-0.15, -0.1) is 0 Å². The van der Waals surface area contributed by atoms with Crippen molar-refractivity contribution in [1.29, 1.82) is 0 Å². The zero-order chi connectivity index (χ0) is 23.2. The van der Waals surface area contributed by atoms with Gasteiger partial charge in [-0.25, -0.2) is 4.18 Å². The molecule has 1 aliphatic rings. The summed E-state index contributed by atoms with van der Waals surface area (Å²) in [4.78, 5) is 17.6. The van der Waals surface area contributed by atoms with Gasteiger partial charge < -0.3 is 4.90 Å². The van der Waals surface area contributed by atoms with Crippen LogP contribution < -0.4 is 0 Å². The third-order valence-electron chi connectivity index (χ3n) is 4.93. The lowest BCUT2D eigenvalue weighted by atomic mass is 10.1. The molecule has 0 radical (unpaired) electrons. The molecule has 8 heteroatoms. The van der Waals surface area contributed by atoms with Gasteiger partial charge in [0.1, 0.15) is 0 Å². The number of carbonyl (C=O) groups excluding carboxylic acids is 1. The molecule has 1 amide bonds. The van der Waals surface area contributed by atoms with E-state index in [9.17, 15) is 13.2 Å². The Morgan fingerprint density at radius 3 is 1.97 bits per heavy atom. The molecule has 182 valence electrons. The lowest BCUT2D eigenvalue weighted by Crippen LogP contribution is -2.27. The third-order valence-corrected chi connectivity index (χ3v) is 5.46. The standard InChI is InChI=1S/C21H38N2O.C2H6O4S/c1-2-3-4-5-6-7-8-9-10-11-12-13-14-15-16-17-21(24)23-19-18-22-20-23;1-2-6-7(3,4)5/h9-10,20H,2-8,11-19H2,1H3;2H2,1H3,(H,3,4,5). The van der Waals surface area contributed by atoms with E-state index in [-0.39, 0.29) is 12.5 Å². The highest BCUT2D eigenvalue weighted by Gasteiger charge is 2.13. The molecule has 0 fully saturated rings. The van der Waals surface area contributed by atoms with E-state index >= 15 is 0 Å². The zero-order valence-corrected chi connectivity index (χ0v) is 20.5. The van der Waals surface area contributed by atoms with Gasteiger partial charge in [0, 0.05) is 13.0 Å². The minimum Gasteiger partial charge on any atom is -0.301 e. The molecule has 0 atom stereocenters. The smallest absolute Gasteiger partial charge is 0.301 e. The van der Waals surface area contributed by atoms with Crippen molar-refractivity contribution in [2.45, 2.75) is 104 Å². The van der Waals surface area contributed by atoms with Crippen LogP contribution in [0.15, 0.2) is 17.1 Å². The molecule has 0 aromatic carbocycles. The number of carbonyl (C=O) groups is 1. The topological polar surface area (TPSA) is 96.3 Å². The molecule has 7 nitrogen and oxygen atoms in total. The van der Waals surface area contributed by atoms with E-state index in [1.54, 1.807) is 11.2 Å². The highest BCUT2D eigenvalue weighted by Crippen LogP contribution is 2.10. The molecule has 1 heterocycles. The van der Waals surface area contributed by atoms with Gasteiger partial charge in [-0.2, -0.15) is 8.42 Å². The van der Waals surface area contributed by atoms with Gasteiger partial charge >= 0.3 is 10.4 Å². The summed E-state index contributed by atoms with van der Waals surface area (Å²) in [6, 6.07) is 0. The lowest BCUT2D eigenvalue weighted by molar-refractivity contribution is -0.126. The minimum absolute atomic E-state index is 0.0289. The van der Waals surface area contributed by atoms with Crippen molar-refractivity contribution < 1.29 is 21.9 Å². The molecule has 0 aromatic heterocycles. The molecular formula is C23H44N2O5S. The zero-order valence-electron chi connectivity index (χ0n) is 19.6. The highest BCUT2D eigenvalue weighted by molar-refractivity contribution is 7.80. The predicted molar refractivity (Wildman–Crippen MR) is 128 cm³/mol. The van der Waals surface area contributed by atoms with E-state index in [4.69, 9.17) is 4.55 Å². The van der Waals surface area contributed by atoms with Crippen molar-refractivity contribution in [1.82, 2.24) is 4.90 Å². The number of aliphatic imine (C=N–C) groups is 1. The second-order valence-electron chi connectivity index (χ2n) is 7.78. The summed E-state index contributed by atoms with van der Waals surface area (Å²) < 4.78 is 30.7. The lowest BCUT2D eigenvalue weighted by Gasteiger charge is -2.11. The van der Waals surface area contributed by atoms with Gasteiger partial charge in [-0.1, -0.05) is 70.4 Å². The van der Waals surface area contributed by atoms with Crippen molar-refractivity contribution in [2.24, 2.45) is 4.99 Å². The summed E-state index contributed by atoms with van der Waals surface area (Å²) >= 11 is 0. The van der Waals surface area contributed by atoms with Gasteiger partial charge in [-0.05, 0) is 39.0 Å². The summed E-state index contributed by atoms with van der Waals surface area (Å²) in [7, 11) is -4.17. The molecule has 0 unspecified atom stereocenters. The summed E-state index contributed by atoms with van der Waals surface area (Å²) in [6.45, 7) is 5.26. The number of hydrogen-bond acceptors (Lipinski definition) is 5. The van der Waals surface area contributed by atoms with Crippen LogP contribution in [-0.2, 0) is 19.4 Å². The van der Waals surface area contributed by atoms with Crippen LogP contribution in [0.1, 0.15) is 104 Å². The number of unbranched alkanes of at least 4 members (excludes halogenated alkanes) is 11. The number of amides is 1. The average Bonchev–Trinajstić information content (AvgIpc) is 3.25. The van der Waals surface area contributed by atoms with E-state index in [1.807, 2.05) is 0 Å². The van der Waals surface area contributed by atoms with Gasteiger partial charge in [0.15, 0.2) is 0 Å². The second-order valence-corrected chi connectivity index (χ2v) is 8.87. The van der Waals surface area contributed by atoms with Crippen LogP contribution >= 0.6 is 0 Å². The SMILES string of the molecule is CCCCCCCCC=CCCCCCCCC(=O)N1C=NCC1.CCOS(=O)(=O)O. The Labute approximate surface area is 190 Å². The monoisotopic (exact) mass is 460 g/mol. The minimum atomic E-state index is -4.17. The predicted octanol–water partition coefficient (Wildman–Crippen LogP) is 5.72. The van der Waals surface area contributed by atoms with Crippen LogP contribution in [0.25, 0.3) is 0 Å². The van der Waals surface area contributed by atoms with Gasteiger partial charge in [0.25, 0.3) is 0 Å². The van der Waals surface area contributed by atoms with Crippen LogP contribution in [0, 0.1) is 0 Å². The van der Waals surface area contributed by atoms with E-state index < -0.39 is 10.4 Å². The maximum absolute atomic E-state index is 11.8. The molecule has 0 spiro atoms. The molecule has 1 aliphatic heterocycles. The van der Waals surface area contributed by atoms with Crippen LogP contribution in [0.5, 0.6) is 0 Å². The fourth-order valence-electron chi connectivity index (χ4n) is 3.21. The molecular weight excluding hydrogens is 416 g/mol. The summed E-state index contributed by atoms with van der Waals surface area (Å²) in [5.41, 5.74) is 0. The molecule has 0 saturated carbocycles. The molecule has 0 saturated heterocycles. The Morgan fingerprint density at radius 2 is 1.52 bits per heavy atom. The van der Waals surface area contributed by atoms with E-state index in [0.29, 0.717) is 6.42 Å². The second kappa shape index (κ2) is 20.6. The maximum atomic E-state index is 11.8. The van der Waals surface area contributed by atoms with Gasteiger partial charge in [0.05, 0.1) is 19.5 Å². The first kappa shape index (κ1) is 29.8. The fraction of sp³-hybridized carbons (Fsp3) is 0.826. The number of hydrogen-bond donors (Lipinski definition) is 1. The van der Waals surface area contributed by atoms with E-state index in [1.165, 1.54) is 84.0 Å². The number of nitrogens with zero attached hydrogens (tertiary/aromatic N) is 2. The first-order valence-corrected chi connectivity index (χ1v) is 13.3. The van der Waals surface area contributed by atoms with E-state index in [0.717, 1.165) is 19.5 Å². The quantitative estimate of drug-likeness (QED) is 0.170. The maximum Gasteiger partial charge on any atom is 0.397 e. The van der Waals surface area contributed by atoms with Crippen molar-refractivity contribution in [3.63, 3.8) is 0 Å². The average molecular weight is 461 g/mol. The summed E-state index contributed by atoms with van der Waals surface area (Å²) in [5, 5.41) is 0. The highest BCUT2D eigenvalue weighted by atomic mass is 32.3. The Bertz CT molecular complexity index is 591. The largest absolute Gasteiger partial charge is 0.397 e. The van der Waals surface area contributed by atoms with Crippen molar-refractivity contribution >= 4 is 22.6 Å². The Balaban J connectivity index is 0.00000110. The molecule has 0 bridgehead atoms. The van der Waals surface area contributed by atoms with Crippen LogP contribution in [0.3, 0.4) is 0 Å².